The van der Waals surface area contributed by atoms with E-state index in [1.54, 1.807) is 0 Å². The molecule has 1 N–H and O–H groups in total. The van der Waals surface area contributed by atoms with Crippen LogP contribution in [0.5, 0.6) is 0 Å². The summed E-state index contributed by atoms with van der Waals surface area (Å²) in [7, 11) is 0. The molecule has 0 aliphatic heterocycles. The van der Waals surface area contributed by atoms with Gasteiger partial charge in [-0.05, 0) is 59.4 Å². The van der Waals surface area contributed by atoms with Crippen molar-refractivity contribution in [2.45, 2.75) is 52.5 Å². The van der Waals surface area contributed by atoms with Crippen LogP contribution >= 0.6 is 11.3 Å². The van der Waals surface area contributed by atoms with Crippen molar-refractivity contribution in [3.05, 3.63) is 22.4 Å². The van der Waals surface area contributed by atoms with Crippen molar-refractivity contribution >= 4 is 11.3 Å². The number of hydrogen-bond donors (Lipinski definition) is 1. The lowest BCUT2D eigenvalue weighted by molar-refractivity contribution is 0.230. The van der Waals surface area contributed by atoms with Crippen molar-refractivity contribution < 1.29 is 0 Å². The Morgan fingerprint density at radius 1 is 1.47 bits per heavy atom. The van der Waals surface area contributed by atoms with Gasteiger partial charge in [-0.2, -0.15) is 11.3 Å². The minimum absolute atomic E-state index is 0.506. The van der Waals surface area contributed by atoms with E-state index < -0.39 is 0 Å². The molecule has 1 atom stereocenters. The first-order chi connectivity index (χ1) is 8.10. The quantitative estimate of drug-likeness (QED) is 0.769. The summed E-state index contributed by atoms with van der Waals surface area (Å²) in [5.41, 5.74) is 2.03. The topological polar surface area (TPSA) is 12.0 Å². The molecule has 0 amide bonds. The molecule has 1 aliphatic rings. The number of rotatable bonds is 7. The lowest BCUT2D eigenvalue weighted by Crippen LogP contribution is -2.37. The molecule has 1 aromatic rings. The molecule has 1 fully saturated rings. The van der Waals surface area contributed by atoms with Gasteiger partial charge in [-0.3, -0.25) is 0 Å². The van der Waals surface area contributed by atoms with Crippen LogP contribution in [-0.4, -0.2) is 12.6 Å². The van der Waals surface area contributed by atoms with E-state index >= 15 is 0 Å². The highest BCUT2D eigenvalue weighted by Gasteiger charge is 2.40. The third-order valence-electron chi connectivity index (χ3n) is 4.04. The molecule has 0 saturated heterocycles. The van der Waals surface area contributed by atoms with Gasteiger partial charge in [0, 0.05) is 12.6 Å². The number of nitrogens with one attached hydrogen (secondary N) is 1. The van der Waals surface area contributed by atoms with Crippen LogP contribution in [0.4, 0.5) is 0 Å². The Morgan fingerprint density at radius 2 is 2.24 bits per heavy atom. The maximum absolute atomic E-state index is 3.64. The normalized spacial score (nSPS) is 19.5. The standard InChI is InChI=1S/C15H25NS/c1-12(2)16-11-15(3,14-4-5-14)8-6-13-7-9-17-10-13/h7,9-10,12,14,16H,4-6,8,11H2,1-3H3. The molecule has 0 bridgehead atoms. The van der Waals surface area contributed by atoms with Gasteiger partial charge in [0.15, 0.2) is 0 Å². The zero-order chi connectivity index (χ0) is 12.3. The largest absolute Gasteiger partial charge is 0.314 e. The van der Waals surface area contributed by atoms with Crippen LogP contribution in [-0.2, 0) is 6.42 Å². The molecular weight excluding hydrogens is 226 g/mol. The lowest BCUT2D eigenvalue weighted by atomic mass is 9.79. The first-order valence-corrected chi connectivity index (χ1v) is 7.79. The summed E-state index contributed by atoms with van der Waals surface area (Å²) >= 11 is 1.82. The van der Waals surface area contributed by atoms with Crippen LogP contribution in [0.3, 0.4) is 0 Å². The molecule has 1 heterocycles. The minimum atomic E-state index is 0.506. The van der Waals surface area contributed by atoms with E-state index in [-0.39, 0.29) is 0 Å². The Morgan fingerprint density at radius 3 is 2.76 bits per heavy atom. The van der Waals surface area contributed by atoms with E-state index in [1.807, 2.05) is 11.3 Å². The number of aryl methyl sites for hydroxylation is 1. The zero-order valence-corrected chi connectivity index (χ0v) is 12.1. The van der Waals surface area contributed by atoms with Crippen LogP contribution in [0.2, 0.25) is 0 Å². The van der Waals surface area contributed by atoms with E-state index in [9.17, 15) is 0 Å². The van der Waals surface area contributed by atoms with Crippen molar-refractivity contribution in [1.29, 1.82) is 0 Å². The minimum Gasteiger partial charge on any atom is -0.314 e. The number of hydrogen-bond acceptors (Lipinski definition) is 2. The fourth-order valence-corrected chi connectivity index (χ4v) is 3.22. The first kappa shape index (κ1) is 13.1. The summed E-state index contributed by atoms with van der Waals surface area (Å²) in [6.07, 6.45) is 5.46. The van der Waals surface area contributed by atoms with Gasteiger partial charge in [-0.15, -0.1) is 0 Å². The van der Waals surface area contributed by atoms with Gasteiger partial charge >= 0.3 is 0 Å². The van der Waals surface area contributed by atoms with Gasteiger partial charge < -0.3 is 5.32 Å². The van der Waals surface area contributed by atoms with Crippen LogP contribution in [0.1, 0.15) is 45.6 Å². The Hall–Kier alpha value is -0.340. The van der Waals surface area contributed by atoms with Gasteiger partial charge in [0.2, 0.25) is 0 Å². The highest BCUT2D eigenvalue weighted by atomic mass is 32.1. The molecule has 0 aromatic carbocycles. The number of thiophene rings is 1. The second kappa shape index (κ2) is 5.53. The molecule has 17 heavy (non-hydrogen) atoms. The Balaban J connectivity index is 1.87. The average Bonchev–Trinajstić information content (AvgIpc) is 3.02. The molecule has 2 rings (SSSR count). The fraction of sp³-hybridized carbons (Fsp3) is 0.733. The smallest absolute Gasteiger partial charge is 0.00106 e. The second-order valence-corrected chi connectivity index (χ2v) is 6.88. The van der Waals surface area contributed by atoms with Crippen molar-refractivity contribution in [1.82, 2.24) is 5.32 Å². The van der Waals surface area contributed by atoms with E-state index in [0.717, 1.165) is 5.92 Å². The molecule has 1 nitrogen and oxygen atoms in total. The molecule has 1 unspecified atom stereocenters. The Kier molecular flexibility index (Phi) is 4.26. The predicted molar refractivity (Wildman–Crippen MR) is 76.6 cm³/mol. The van der Waals surface area contributed by atoms with Crippen molar-refractivity contribution in [2.24, 2.45) is 11.3 Å². The SMILES string of the molecule is CC(C)NCC(C)(CCc1ccsc1)C1CC1. The van der Waals surface area contributed by atoms with E-state index in [2.05, 4.69) is 42.9 Å². The van der Waals surface area contributed by atoms with Crippen molar-refractivity contribution in [2.75, 3.05) is 6.54 Å². The van der Waals surface area contributed by atoms with Gasteiger partial charge in [-0.1, -0.05) is 20.8 Å². The van der Waals surface area contributed by atoms with Crippen molar-refractivity contribution in [3.63, 3.8) is 0 Å². The summed E-state index contributed by atoms with van der Waals surface area (Å²) in [4.78, 5) is 0. The van der Waals surface area contributed by atoms with Gasteiger partial charge in [0.1, 0.15) is 0 Å². The monoisotopic (exact) mass is 251 g/mol. The van der Waals surface area contributed by atoms with E-state index in [1.165, 1.54) is 37.8 Å². The third-order valence-corrected chi connectivity index (χ3v) is 4.77. The van der Waals surface area contributed by atoms with E-state index in [0.29, 0.717) is 11.5 Å². The van der Waals surface area contributed by atoms with Gasteiger partial charge in [0.05, 0.1) is 0 Å². The maximum Gasteiger partial charge on any atom is 0.00106 e. The molecule has 1 aliphatic carbocycles. The molecule has 1 aromatic heterocycles. The van der Waals surface area contributed by atoms with Crippen LogP contribution in [0.25, 0.3) is 0 Å². The zero-order valence-electron chi connectivity index (χ0n) is 11.3. The summed E-state index contributed by atoms with van der Waals surface area (Å²) in [6.45, 7) is 8.14. The third kappa shape index (κ3) is 3.82. The van der Waals surface area contributed by atoms with Gasteiger partial charge in [0.25, 0.3) is 0 Å². The maximum atomic E-state index is 3.64. The average molecular weight is 251 g/mol. The Labute approximate surface area is 110 Å². The van der Waals surface area contributed by atoms with E-state index in [4.69, 9.17) is 0 Å². The Bertz CT molecular complexity index is 327. The molecule has 0 spiro atoms. The summed E-state index contributed by atoms with van der Waals surface area (Å²) < 4.78 is 0. The van der Waals surface area contributed by atoms with Crippen molar-refractivity contribution in [3.8, 4) is 0 Å². The molecular formula is C15H25NS. The fourth-order valence-electron chi connectivity index (χ4n) is 2.52. The molecule has 1 saturated carbocycles. The highest BCUT2D eigenvalue weighted by molar-refractivity contribution is 7.07. The highest BCUT2D eigenvalue weighted by Crippen LogP contribution is 2.47. The summed E-state index contributed by atoms with van der Waals surface area (Å²) in [5, 5.41) is 8.13. The molecule has 96 valence electrons. The van der Waals surface area contributed by atoms with Crippen LogP contribution in [0, 0.1) is 11.3 Å². The lowest BCUT2D eigenvalue weighted by Gasteiger charge is -2.31. The molecule has 0 radical (unpaired) electrons. The summed E-state index contributed by atoms with van der Waals surface area (Å²) in [5.74, 6) is 0.965. The molecule has 2 heteroatoms. The second-order valence-electron chi connectivity index (χ2n) is 6.10. The van der Waals surface area contributed by atoms with Crippen LogP contribution in [0.15, 0.2) is 16.8 Å². The summed E-state index contributed by atoms with van der Waals surface area (Å²) in [6, 6.07) is 2.88. The first-order valence-electron chi connectivity index (χ1n) is 6.84. The predicted octanol–water partition coefficient (Wildman–Crippen LogP) is 4.10. The van der Waals surface area contributed by atoms with Gasteiger partial charge in [-0.25, -0.2) is 0 Å². The van der Waals surface area contributed by atoms with Crippen LogP contribution < -0.4 is 5.32 Å².